The van der Waals surface area contributed by atoms with Crippen LogP contribution in [0, 0.1) is 6.92 Å². The number of nitrogens with one attached hydrogen (secondary N) is 1. The Bertz CT molecular complexity index is 1090. The van der Waals surface area contributed by atoms with Crippen LogP contribution in [-0.4, -0.2) is 27.6 Å². The molecular weight excluding hydrogens is 481 g/mol. The van der Waals surface area contributed by atoms with Gasteiger partial charge in [-0.25, -0.2) is 0 Å². The monoisotopic (exact) mass is 498 g/mol. The van der Waals surface area contributed by atoms with Gasteiger partial charge < -0.3 is 5.32 Å². The molecule has 1 heterocycles. The van der Waals surface area contributed by atoms with Crippen molar-refractivity contribution >= 4 is 63.5 Å². The smallest absolute Gasteiger partial charge is 0.326 e. The van der Waals surface area contributed by atoms with Crippen LogP contribution in [0.2, 0.25) is 5.02 Å². The highest BCUT2D eigenvalue weighted by Gasteiger charge is 2.34. The van der Waals surface area contributed by atoms with Crippen molar-refractivity contribution in [2.24, 2.45) is 0 Å². The van der Waals surface area contributed by atoms with Crippen molar-refractivity contribution < 1.29 is 22.8 Å². The highest BCUT2D eigenvalue weighted by atomic mass is 35.5. The molecule has 0 aromatic heterocycles. The van der Waals surface area contributed by atoms with Crippen molar-refractivity contribution in [1.29, 1.82) is 0 Å². The van der Waals surface area contributed by atoms with Gasteiger partial charge in [0.2, 0.25) is 5.91 Å². The zero-order chi connectivity index (χ0) is 23.5. The summed E-state index contributed by atoms with van der Waals surface area (Å²) in [6, 6.07) is 10.9. The predicted octanol–water partition coefficient (Wildman–Crippen LogP) is 6.29. The molecule has 2 amide bonds. The Hall–Kier alpha value is -2.36. The molecule has 3 rings (SSSR count). The standard InChI is InChI=1S/C22H18ClF3N2O2S2/c1-13-4-6-14(7-5-13)11-18-20(30)28(21(31)32-18)10-2-3-19(29)27-15-8-9-17(23)16(12-15)22(24,25)26/h4-9,11-12H,2-3,10H2,1H3,(H,27,29). The van der Waals surface area contributed by atoms with Gasteiger partial charge in [-0.15, -0.1) is 0 Å². The van der Waals surface area contributed by atoms with Crippen molar-refractivity contribution in [3.63, 3.8) is 0 Å². The molecule has 0 bridgehead atoms. The first-order chi connectivity index (χ1) is 15.0. The van der Waals surface area contributed by atoms with E-state index >= 15 is 0 Å². The molecule has 1 fully saturated rings. The van der Waals surface area contributed by atoms with E-state index in [0.29, 0.717) is 15.6 Å². The van der Waals surface area contributed by atoms with E-state index in [1.165, 1.54) is 22.7 Å². The summed E-state index contributed by atoms with van der Waals surface area (Å²) in [6.07, 6.45) is -2.54. The molecule has 1 N–H and O–H groups in total. The molecule has 0 spiro atoms. The summed E-state index contributed by atoms with van der Waals surface area (Å²) in [6.45, 7) is 2.21. The minimum atomic E-state index is -4.62. The number of alkyl halides is 3. The molecule has 4 nitrogen and oxygen atoms in total. The fourth-order valence-electron chi connectivity index (χ4n) is 2.95. The summed E-state index contributed by atoms with van der Waals surface area (Å²) in [5, 5.41) is 1.98. The van der Waals surface area contributed by atoms with Gasteiger partial charge in [0.15, 0.2) is 0 Å². The third-order valence-corrected chi connectivity index (χ3v) is 6.30. The van der Waals surface area contributed by atoms with Crippen LogP contribution in [0.15, 0.2) is 47.4 Å². The largest absolute Gasteiger partial charge is 0.417 e. The van der Waals surface area contributed by atoms with Crippen LogP contribution in [0.4, 0.5) is 18.9 Å². The van der Waals surface area contributed by atoms with Crippen LogP contribution < -0.4 is 5.32 Å². The van der Waals surface area contributed by atoms with Gasteiger partial charge in [0.1, 0.15) is 4.32 Å². The lowest BCUT2D eigenvalue weighted by Gasteiger charge is -2.14. The van der Waals surface area contributed by atoms with Gasteiger partial charge in [-0.3, -0.25) is 14.5 Å². The van der Waals surface area contributed by atoms with E-state index in [2.05, 4.69) is 5.32 Å². The molecule has 32 heavy (non-hydrogen) atoms. The number of thiocarbonyl (C=S) groups is 1. The summed E-state index contributed by atoms with van der Waals surface area (Å²) in [7, 11) is 0. The first-order valence-corrected chi connectivity index (χ1v) is 11.1. The van der Waals surface area contributed by atoms with Crippen molar-refractivity contribution in [3.8, 4) is 0 Å². The van der Waals surface area contributed by atoms with Crippen molar-refractivity contribution in [2.75, 3.05) is 11.9 Å². The van der Waals surface area contributed by atoms with Gasteiger partial charge >= 0.3 is 6.18 Å². The number of carbonyl (C=O) groups is 2. The SMILES string of the molecule is Cc1ccc(C=C2SC(=S)N(CCCC(=O)Nc3ccc(Cl)c(C(F)(F)F)c3)C2=O)cc1. The Morgan fingerprint density at radius 3 is 2.56 bits per heavy atom. The number of hydrogen-bond acceptors (Lipinski definition) is 4. The van der Waals surface area contributed by atoms with E-state index in [1.807, 2.05) is 31.2 Å². The molecule has 2 aromatic rings. The zero-order valence-corrected chi connectivity index (χ0v) is 19.2. The van der Waals surface area contributed by atoms with Crippen molar-refractivity contribution in [3.05, 3.63) is 69.1 Å². The number of aryl methyl sites for hydroxylation is 1. The lowest BCUT2D eigenvalue weighted by Crippen LogP contribution is -2.29. The van der Waals surface area contributed by atoms with Gasteiger partial charge in [-0.1, -0.05) is 65.4 Å². The number of carbonyl (C=O) groups excluding carboxylic acids is 2. The van der Waals surface area contributed by atoms with Gasteiger partial charge in [0.05, 0.1) is 15.5 Å². The van der Waals surface area contributed by atoms with E-state index < -0.39 is 22.7 Å². The van der Waals surface area contributed by atoms with E-state index in [-0.39, 0.29) is 24.6 Å². The summed E-state index contributed by atoms with van der Waals surface area (Å²) in [5.41, 5.74) is 0.978. The summed E-state index contributed by atoms with van der Waals surface area (Å²) >= 11 is 12.1. The maximum absolute atomic E-state index is 12.9. The van der Waals surface area contributed by atoms with Gasteiger partial charge in [-0.05, 0) is 43.2 Å². The molecule has 1 aliphatic rings. The highest BCUT2D eigenvalue weighted by Crippen LogP contribution is 2.36. The Morgan fingerprint density at radius 2 is 1.91 bits per heavy atom. The third-order valence-electron chi connectivity index (χ3n) is 4.59. The zero-order valence-electron chi connectivity index (χ0n) is 16.8. The Balaban J connectivity index is 1.55. The topological polar surface area (TPSA) is 49.4 Å². The van der Waals surface area contributed by atoms with Crippen molar-refractivity contribution in [1.82, 2.24) is 4.90 Å². The molecule has 168 valence electrons. The molecular formula is C22H18ClF3N2O2S2. The molecule has 10 heteroatoms. The molecule has 1 aliphatic heterocycles. The fraction of sp³-hybridized carbons (Fsp3) is 0.227. The molecule has 2 aromatic carbocycles. The molecule has 0 unspecified atom stereocenters. The molecule has 1 saturated heterocycles. The quantitative estimate of drug-likeness (QED) is 0.376. The molecule has 0 aliphatic carbocycles. The first kappa shape index (κ1) is 24.3. The average molecular weight is 499 g/mol. The number of thioether (sulfide) groups is 1. The second kappa shape index (κ2) is 10.1. The fourth-order valence-corrected chi connectivity index (χ4v) is 4.48. The number of halogens is 4. The number of nitrogens with zero attached hydrogens (tertiary/aromatic N) is 1. The van der Waals surface area contributed by atoms with E-state index in [4.69, 9.17) is 23.8 Å². The van der Waals surface area contributed by atoms with E-state index in [9.17, 15) is 22.8 Å². The van der Waals surface area contributed by atoms with Crippen LogP contribution >= 0.6 is 35.6 Å². The van der Waals surface area contributed by atoms with Gasteiger partial charge in [0, 0.05) is 18.7 Å². The minimum absolute atomic E-state index is 0.00151. The minimum Gasteiger partial charge on any atom is -0.326 e. The van der Waals surface area contributed by atoms with Gasteiger partial charge in [-0.2, -0.15) is 13.2 Å². The number of amides is 2. The molecule has 0 saturated carbocycles. The predicted molar refractivity (Wildman–Crippen MR) is 125 cm³/mol. The Morgan fingerprint density at radius 1 is 1.22 bits per heavy atom. The van der Waals surface area contributed by atoms with Crippen LogP contribution in [0.3, 0.4) is 0 Å². The number of hydrogen-bond donors (Lipinski definition) is 1. The lowest BCUT2D eigenvalue weighted by atomic mass is 10.1. The number of benzene rings is 2. The average Bonchev–Trinajstić information content (AvgIpc) is 2.97. The molecule has 0 radical (unpaired) electrons. The Kier molecular flexibility index (Phi) is 7.63. The van der Waals surface area contributed by atoms with Crippen LogP contribution in [0.1, 0.15) is 29.5 Å². The third kappa shape index (κ3) is 6.11. The summed E-state index contributed by atoms with van der Waals surface area (Å²) < 4.78 is 39.2. The second-order valence-corrected chi connectivity index (χ2v) is 9.17. The number of rotatable bonds is 6. The first-order valence-electron chi connectivity index (χ1n) is 9.53. The summed E-state index contributed by atoms with van der Waals surface area (Å²) in [4.78, 5) is 26.7. The van der Waals surface area contributed by atoms with E-state index in [1.54, 1.807) is 6.08 Å². The second-order valence-electron chi connectivity index (χ2n) is 7.09. The number of anilines is 1. The van der Waals surface area contributed by atoms with Crippen LogP contribution in [0.5, 0.6) is 0 Å². The van der Waals surface area contributed by atoms with E-state index in [0.717, 1.165) is 23.3 Å². The Labute approximate surface area is 197 Å². The molecule has 0 atom stereocenters. The highest BCUT2D eigenvalue weighted by molar-refractivity contribution is 8.26. The van der Waals surface area contributed by atoms with Gasteiger partial charge in [0.25, 0.3) is 5.91 Å². The van der Waals surface area contributed by atoms with Crippen molar-refractivity contribution in [2.45, 2.75) is 25.9 Å². The maximum Gasteiger partial charge on any atom is 0.417 e. The van der Waals surface area contributed by atoms with Crippen LogP contribution in [-0.2, 0) is 15.8 Å². The van der Waals surface area contributed by atoms with Crippen LogP contribution in [0.25, 0.3) is 6.08 Å². The lowest BCUT2D eigenvalue weighted by molar-refractivity contribution is -0.137. The maximum atomic E-state index is 12.9. The normalized spacial score (nSPS) is 15.5. The summed E-state index contributed by atoms with van der Waals surface area (Å²) in [5.74, 6) is -0.699.